The number of benzene rings is 2. The molecule has 2 aromatic carbocycles. The zero-order valence-corrected chi connectivity index (χ0v) is 15.0. The highest BCUT2D eigenvalue weighted by Gasteiger charge is 2.21. The lowest BCUT2D eigenvalue weighted by Crippen LogP contribution is -2.34. The van der Waals surface area contributed by atoms with E-state index in [1.54, 1.807) is 36.1 Å². The summed E-state index contributed by atoms with van der Waals surface area (Å²) in [4.78, 5) is 27.2. The standard InChI is InChI=1S/C20H20F2N2O3/c1-2-23(15-7-10-17(21)18(22)12-15)20(26)13-27-16-8-5-14(6-9-16)24-11-3-4-19(24)25/h5-10,12H,2-4,11,13H2,1H3. The van der Waals surface area contributed by atoms with E-state index in [2.05, 4.69) is 0 Å². The van der Waals surface area contributed by atoms with Crippen molar-refractivity contribution in [3.63, 3.8) is 0 Å². The minimum atomic E-state index is -1.01. The van der Waals surface area contributed by atoms with Crippen LogP contribution in [0.1, 0.15) is 19.8 Å². The predicted molar refractivity (Wildman–Crippen MR) is 97.9 cm³/mol. The number of carbonyl (C=O) groups excluding carboxylic acids is 2. The summed E-state index contributed by atoms with van der Waals surface area (Å²) in [5, 5.41) is 0. The molecule has 7 heteroatoms. The van der Waals surface area contributed by atoms with E-state index in [1.165, 1.54) is 11.0 Å². The number of hydrogen-bond acceptors (Lipinski definition) is 3. The third-order valence-corrected chi connectivity index (χ3v) is 4.42. The molecule has 0 spiro atoms. The third kappa shape index (κ3) is 4.24. The van der Waals surface area contributed by atoms with Gasteiger partial charge in [0.25, 0.3) is 5.91 Å². The van der Waals surface area contributed by atoms with Crippen LogP contribution < -0.4 is 14.5 Å². The van der Waals surface area contributed by atoms with E-state index in [9.17, 15) is 18.4 Å². The minimum Gasteiger partial charge on any atom is -0.484 e. The van der Waals surface area contributed by atoms with Gasteiger partial charge in [-0.3, -0.25) is 9.59 Å². The van der Waals surface area contributed by atoms with Crippen LogP contribution in [0.3, 0.4) is 0 Å². The van der Waals surface area contributed by atoms with Crippen molar-refractivity contribution in [1.82, 2.24) is 0 Å². The van der Waals surface area contributed by atoms with Gasteiger partial charge < -0.3 is 14.5 Å². The van der Waals surface area contributed by atoms with Crippen molar-refractivity contribution in [1.29, 1.82) is 0 Å². The summed E-state index contributed by atoms with van der Waals surface area (Å²) < 4.78 is 32.0. The molecule has 27 heavy (non-hydrogen) atoms. The minimum absolute atomic E-state index is 0.101. The third-order valence-electron chi connectivity index (χ3n) is 4.42. The van der Waals surface area contributed by atoms with Gasteiger partial charge in [-0.25, -0.2) is 8.78 Å². The van der Waals surface area contributed by atoms with Crippen LogP contribution in [0.4, 0.5) is 20.2 Å². The van der Waals surface area contributed by atoms with Crippen molar-refractivity contribution in [2.24, 2.45) is 0 Å². The molecular weight excluding hydrogens is 354 g/mol. The Kier molecular flexibility index (Phi) is 5.69. The van der Waals surface area contributed by atoms with Gasteiger partial charge in [0.1, 0.15) is 5.75 Å². The van der Waals surface area contributed by atoms with Crippen LogP contribution in [-0.4, -0.2) is 31.5 Å². The maximum atomic E-state index is 13.4. The first kappa shape index (κ1) is 18.8. The molecule has 0 aliphatic carbocycles. The van der Waals surface area contributed by atoms with E-state index < -0.39 is 11.6 Å². The molecule has 0 N–H and O–H groups in total. The van der Waals surface area contributed by atoms with Gasteiger partial charge in [-0.2, -0.15) is 0 Å². The van der Waals surface area contributed by atoms with Crippen LogP contribution in [0, 0.1) is 11.6 Å². The summed E-state index contributed by atoms with van der Waals surface area (Å²) in [6, 6.07) is 10.3. The van der Waals surface area contributed by atoms with Crippen LogP contribution in [0.2, 0.25) is 0 Å². The van der Waals surface area contributed by atoms with Crippen molar-refractivity contribution >= 4 is 23.2 Å². The SMILES string of the molecule is CCN(C(=O)COc1ccc(N2CCCC2=O)cc1)c1ccc(F)c(F)c1. The van der Waals surface area contributed by atoms with Crippen LogP contribution in [0.25, 0.3) is 0 Å². The predicted octanol–water partition coefficient (Wildman–Crippen LogP) is 3.52. The molecule has 1 aliphatic rings. The van der Waals surface area contributed by atoms with Gasteiger partial charge in [-0.15, -0.1) is 0 Å². The summed E-state index contributed by atoms with van der Waals surface area (Å²) in [5.74, 6) is -1.76. The van der Waals surface area contributed by atoms with Gasteiger partial charge in [0.05, 0.1) is 0 Å². The molecule has 3 rings (SSSR count). The second-order valence-electron chi connectivity index (χ2n) is 6.17. The molecule has 0 unspecified atom stereocenters. The topological polar surface area (TPSA) is 49.9 Å². The number of anilines is 2. The highest BCUT2D eigenvalue weighted by atomic mass is 19.2. The summed E-state index contributed by atoms with van der Waals surface area (Å²) in [5.41, 5.74) is 1.07. The Morgan fingerprint density at radius 2 is 1.89 bits per heavy atom. The Morgan fingerprint density at radius 1 is 1.15 bits per heavy atom. The number of hydrogen-bond donors (Lipinski definition) is 0. The van der Waals surface area contributed by atoms with Crippen molar-refractivity contribution in [2.75, 3.05) is 29.5 Å². The molecule has 2 amide bonds. The highest BCUT2D eigenvalue weighted by Crippen LogP contribution is 2.24. The smallest absolute Gasteiger partial charge is 0.264 e. The molecule has 5 nitrogen and oxygen atoms in total. The zero-order chi connectivity index (χ0) is 19.4. The van der Waals surface area contributed by atoms with Gasteiger partial charge in [0.15, 0.2) is 18.2 Å². The van der Waals surface area contributed by atoms with Gasteiger partial charge in [-0.1, -0.05) is 0 Å². The van der Waals surface area contributed by atoms with E-state index in [0.717, 1.165) is 24.2 Å². The van der Waals surface area contributed by atoms with Crippen LogP contribution in [-0.2, 0) is 9.59 Å². The molecule has 0 atom stereocenters. The Labute approximate surface area is 156 Å². The average Bonchev–Trinajstić information content (AvgIpc) is 3.10. The largest absolute Gasteiger partial charge is 0.484 e. The normalized spacial score (nSPS) is 13.7. The van der Waals surface area contributed by atoms with Crippen molar-refractivity contribution < 1.29 is 23.1 Å². The molecule has 2 aromatic rings. The van der Waals surface area contributed by atoms with Crippen LogP contribution >= 0.6 is 0 Å². The van der Waals surface area contributed by atoms with Crippen molar-refractivity contribution in [3.05, 3.63) is 54.1 Å². The number of amides is 2. The van der Waals surface area contributed by atoms with E-state index in [-0.39, 0.29) is 24.1 Å². The fourth-order valence-corrected chi connectivity index (χ4v) is 3.02. The molecule has 0 saturated carbocycles. The summed E-state index contributed by atoms with van der Waals surface area (Å²) in [6.07, 6.45) is 1.41. The highest BCUT2D eigenvalue weighted by molar-refractivity contribution is 5.95. The molecule has 1 saturated heterocycles. The number of nitrogens with zero attached hydrogens (tertiary/aromatic N) is 2. The number of likely N-dealkylation sites (N-methyl/N-ethyl adjacent to an activating group) is 1. The van der Waals surface area contributed by atoms with E-state index in [4.69, 9.17) is 4.74 Å². The zero-order valence-electron chi connectivity index (χ0n) is 15.0. The number of carbonyl (C=O) groups is 2. The second-order valence-corrected chi connectivity index (χ2v) is 6.17. The molecule has 0 radical (unpaired) electrons. The maximum absolute atomic E-state index is 13.4. The Morgan fingerprint density at radius 3 is 2.48 bits per heavy atom. The molecule has 142 valence electrons. The van der Waals surface area contributed by atoms with E-state index >= 15 is 0 Å². The molecule has 0 aromatic heterocycles. The Hall–Kier alpha value is -2.96. The second kappa shape index (κ2) is 8.16. The number of rotatable bonds is 6. The Balaban J connectivity index is 1.62. The fourth-order valence-electron chi connectivity index (χ4n) is 3.02. The van der Waals surface area contributed by atoms with Gasteiger partial charge >= 0.3 is 0 Å². The summed E-state index contributed by atoms with van der Waals surface area (Å²) in [7, 11) is 0. The Bertz CT molecular complexity index is 840. The number of ether oxygens (including phenoxy) is 1. The molecular formula is C20H20F2N2O3. The number of halogens is 2. The van der Waals surface area contributed by atoms with Gasteiger partial charge in [0.2, 0.25) is 5.91 Å². The van der Waals surface area contributed by atoms with Crippen molar-refractivity contribution in [2.45, 2.75) is 19.8 Å². The average molecular weight is 374 g/mol. The van der Waals surface area contributed by atoms with Crippen LogP contribution in [0.5, 0.6) is 5.75 Å². The molecule has 1 fully saturated rings. The maximum Gasteiger partial charge on any atom is 0.264 e. The quantitative estimate of drug-likeness (QED) is 0.777. The molecule has 1 aliphatic heterocycles. The summed E-state index contributed by atoms with van der Waals surface area (Å²) in [6.45, 7) is 2.50. The fraction of sp³-hybridized carbons (Fsp3) is 0.300. The van der Waals surface area contributed by atoms with Gasteiger partial charge in [-0.05, 0) is 49.7 Å². The van der Waals surface area contributed by atoms with Crippen LogP contribution in [0.15, 0.2) is 42.5 Å². The molecule has 1 heterocycles. The monoisotopic (exact) mass is 374 g/mol. The first-order valence-electron chi connectivity index (χ1n) is 8.78. The lowest BCUT2D eigenvalue weighted by Gasteiger charge is -2.21. The van der Waals surface area contributed by atoms with E-state index in [0.29, 0.717) is 25.3 Å². The lowest BCUT2D eigenvalue weighted by atomic mass is 10.2. The lowest BCUT2D eigenvalue weighted by molar-refractivity contribution is -0.120. The van der Waals surface area contributed by atoms with E-state index in [1.807, 2.05) is 0 Å². The first-order valence-corrected chi connectivity index (χ1v) is 8.78. The van der Waals surface area contributed by atoms with Gasteiger partial charge in [0, 0.05) is 37.0 Å². The summed E-state index contributed by atoms with van der Waals surface area (Å²) >= 11 is 0. The van der Waals surface area contributed by atoms with Crippen molar-refractivity contribution in [3.8, 4) is 5.75 Å². The molecule has 0 bridgehead atoms. The first-order chi connectivity index (χ1) is 13.0.